The quantitative estimate of drug-likeness (QED) is 0.150. The normalized spacial score (nSPS) is 14.9. The summed E-state index contributed by atoms with van der Waals surface area (Å²) in [5, 5.41) is 9.17. The Labute approximate surface area is 203 Å². The number of alkyl halides is 3. The maximum atomic E-state index is 12.2. The van der Waals surface area contributed by atoms with Crippen molar-refractivity contribution in [3.8, 4) is 0 Å². The molecule has 1 aliphatic rings. The molecule has 174 valence electrons. The van der Waals surface area contributed by atoms with Gasteiger partial charge >= 0.3 is 0 Å². The highest BCUT2D eigenvalue weighted by Crippen LogP contribution is 2.29. The molecule has 0 aromatic carbocycles. The molecule has 8 heteroatoms. The summed E-state index contributed by atoms with van der Waals surface area (Å²) in [4.78, 5) is 12.2. The van der Waals surface area contributed by atoms with Crippen LogP contribution in [0.25, 0.3) is 0 Å². The maximum Gasteiger partial charge on any atom is 0.228 e. The molecule has 1 aliphatic carbocycles. The number of allylic oxidation sites excluding steroid dienone is 4. The van der Waals surface area contributed by atoms with Crippen LogP contribution in [0.3, 0.4) is 0 Å². The van der Waals surface area contributed by atoms with Crippen LogP contribution in [-0.4, -0.2) is 27.0 Å². The Morgan fingerprint density at radius 2 is 1.67 bits per heavy atom. The first-order valence-electron chi connectivity index (χ1n) is 10.6. The fourth-order valence-corrected chi connectivity index (χ4v) is 3.21. The van der Waals surface area contributed by atoms with Crippen LogP contribution in [0, 0.1) is 0 Å². The molecule has 30 heavy (non-hydrogen) atoms. The molecule has 0 aliphatic heterocycles. The van der Waals surface area contributed by atoms with Crippen LogP contribution in [0.1, 0.15) is 72.6 Å². The molecule has 0 saturated heterocycles. The van der Waals surface area contributed by atoms with Gasteiger partial charge in [-0.2, -0.15) is 0 Å². The van der Waals surface area contributed by atoms with Crippen molar-refractivity contribution in [1.29, 1.82) is 0 Å². The Kier molecular flexibility index (Phi) is 19.9. The van der Waals surface area contributed by atoms with Crippen molar-refractivity contribution in [2.24, 2.45) is 0 Å². The van der Waals surface area contributed by atoms with Crippen molar-refractivity contribution in [1.82, 2.24) is 16.0 Å². The minimum absolute atomic E-state index is 0.224. The van der Waals surface area contributed by atoms with E-state index in [0.717, 1.165) is 18.4 Å². The first-order valence-corrected chi connectivity index (χ1v) is 12.2. The third kappa shape index (κ3) is 16.0. The van der Waals surface area contributed by atoms with Gasteiger partial charge in [0.2, 0.25) is 9.70 Å². The number of rotatable bonds is 8. The average Bonchev–Trinajstić information content (AvgIpc) is 2.73. The molecule has 0 spiro atoms. The second kappa shape index (κ2) is 19.0. The molecule has 1 saturated carbocycles. The lowest BCUT2D eigenvalue weighted by molar-refractivity contribution is -0.121. The molecule has 0 aromatic rings. The van der Waals surface area contributed by atoms with E-state index in [1.807, 2.05) is 27.7 Å². The summed E-state index contributed by atoms with van der Waals surface area (Å²) < 4.78 is -1.74. The van der Waals surface area contributed by atoms with Gasteiger partial charge in [0, 0.05) is 12.5 Å². The summed E-state index contributed by atoms with van der Waals surface area (Å²) in [6.45, 7) is 15.5. The van der Waals surface area contributed by atoms with Gasteiger partial charge in [-0.15, -0.1) is 0 Å². The van der Waals surface area contributed by atoms with Gasteiger partial charge in [-0.25, -0.2) is 0 Å². The highest BCUT2D eigenvalue weighted by Gasteiger charge is 2.34. The second-order valence-corrected chi connectivity index (χ2v) is 9.03. The third-order valence-corrected chi connectivity index (χ3v) is 4.88. The van der Waals surface area contributed by atoms with E-state index in [0.29, 0.717) is 17.6 Å². The van der Waals surface area contributed by atoms with Crippen molar-refractivity contribution in [2.75, 3.05) is 0 Å². The van der Waals surface area contributed by atoms with Crippen LogP contribution in [0.5, 0.6) is 0 Å². The predicted octanol–water partition coefficient (Wildman–Crippen LogP) is 6.73. The van der Waals surface area contributed by atoms with E-state index in [-0.39, 0.29) is 12.3 Å². The van der Waals surface area contributed by atoms with Crippen molar-refractivity contribution >= 4 is 58.0 Å². The smallest absolute Gasteiger partial charge is 0.228 e. The lowest BCUT2D eigenvalue weighted by atomic mass is 9.96. The van der Waals surface area contributed by atoms with Gasteiger partial charge in [0.1, 0.15) is 6.17 Å². The van der Waals surface area contributed by atoms with E-state index in [4.69, 9.17) is 47.0 Å². The Bertz CT molecular complexity index is 542. The number of hydrogen-bond donors (Lipinski definition) is 3. The van der Waals surface area contributed by atoms with Gasteiger partial charge in [-0.05, 0) is 31.5 Å². The molecule has 0 aromatic heterocycles. The predicted molar refractivity (Wildman–Crippen MR) is 138 cm³/mol. The molecule has 1 unspecified atom stereocenters. The Morgan fingerprint density at radius 3 is 2.17 bits per heavy atom. The van der Waals surface area contributed by atoms with Crippen LogP contribution in [0.4, 0.5) is 0 Å². The Hall–Kier alpha value is -0.750. The second-order valence-electron chi connectivity index (χ2n) is 6.25. The van der Waals surface area contributed by atoms with Gasteiger partial charge in [-0.3, -0.25) is 4.79 Å². The summed E-state index contributed by atoms with van der Waals surface area (Å²) in [5.41, 5.74) is 0.813. The number of thiocarbonyl (C=S) groups is 1. The lowest BCUT2D eigenvalue weighted by Crippen LogP contribution is -2.58. The summed E-state index contributed by atoms with van der Waals surface area (Å²) >= 11 is 23.3. The molecular formula is C22H38Cl3N3OS. The first-order chi connectivity index (χ1) is 14.2. The number of nitrogens with one attached hydrogen (secondary N) is 3. The minimum Gasteiger partial charge on any atom is -0.360 e. The molecule has 3 N–H and O–H groups in total. The molecular weight excluding hydrogens is 461 g/mol. The summed E-state index contributed by atoms with van der Waals surface area (Å²) in [7, 11) is 0. The summed E-state index contributed by atoms with van der Waals surface area (Å²) in [5.74, 6) is -0.262. The molecule has 1 fully saturated rings. The number of amides is 1. The average molecular weight is 499 g/mol. The number of carbonyl (C=O) groups excluding carboxylic acids is 1. The SMILES string of the molecule is C=C/C=C\C(=C)CCC(=O)NC(NC(=S)NC1CCCCC1)C(Cl)(Cl)Cl.CC.CC. The van der Waals surface area contributed by atoms with Crippen LogP contribution >= 0.6 is 47.0 Å². The number of carbonyl (C=O) groups is 1. The van der Waals surface area contributed by atoms with Crippen LogP contribution in [0.2, 0.25) is 0 Å². The molecule has 0 bridgehead atoms. The zero-order chi connectivity index (χ0) is 23.6. The van der Waals surface area contributed by atoms with E-state index >= 15 is 0 Å². The highest BCUT2D eigenvalue weighted by atomic mass is 35.6. The largest absolute Gasteiger partial charge is 0.360 e. The van der Waals surface area contributed by atoms with Gasteiger partial charge in [0.05, 0.1) is 0 Å². The lowest BCUT2D eigenvalue weighted by Gasteiger charge is -2.30. The monoisotopic (exact) mass is 497 g/mol. The molecule has 0 radical (unpaired) electrons. The van der Waals surface area contributed by atoms with Crippen LogP contribution in [0.15, 0.2) is 37.0 Å². The molecule has 1 rings (SSSR count). The van der Waals surface area contributed by atoms with E-state index < -0.39 is 9.96 Å². The van der Waals surface area contributed by atoms with Crippen molar-refractivity contribution in [3.05, 3.63) is 37.0 Å². The highest BCUT2D eigenvalue weighted by molar-refractivity contribution is 7.80. The molecule has 1 atom stereocenters. The molecule has 4 nitrogen and oxygen atoms in total. The summed E-state index contributed by atoms with van der Waals surface area (Å²) in [6, 6.07) is 0.315. The van der Waals surface area contributed by atoms with Crippen LogP contribution < -0.4 is 16.0 Å². The summed E-state index contributed by atoms with van der Waals surface area (Å²) in [6.07, 6.45) is 10.7. The van der Waals surface area contributed by atoms with Gasteiger partial charge in [0.15, 0.2) is 5.11 Å². The number of hydrogen-bond acceptors (Lipinski definition) is 2. The fourth-order valence-electron chi connectivity index (χ4n) is 2.60. The number of halogens is 3. The van der Waals surface area contributed by atoms with E-state index in [9.17, 15) is 4.79 Å². The van der Waals surface area contributed by atoms with Crippen molar-refractivity contribution in [2.45, 2.75) is 88.6 Å². The Balaban J connectivity index is 0. The first kappa shape index (κ1) is 31.4. The van der Waals surface area contributed by atoms with Gasteiger partial charge in [0.25, 0.3) is 0 Å². The fraction of sp³-hybridized carbons (Fsp3) is 0.636. The van der Waals surface area contributed by atoms with E-state index in [1.165, 1.54) is 19.3 Å². The van der Waals surface area contributed by atoms with Crippen LogP contribution in [-0.2, 0) is 4.79 Å². The minimum atomic E-state index is -1.74. The zero-order valence-corrected chi connectivity index (χ0v) is 21.8. The van der Waals surface area contributed by atoms with E-state index in [1.54, 1.807) is 18.2 Å². The molecule has 1 amide bonds. The maximum absolute atomic E-state index is 12.2. The van der Waals surface area contributed by atoms with Crippen molar-refractivity contribution < 1.29 is 4.79 Å². The zero-order valence-electron chi connectivity index (χ0n) is 18.7. The topological polar surface area (TPSA) is 53.2 Å². The van der Waals surface area contributed by atoms with Gasteiger partial charge < -0.3 is 16.0 Å². The Morgan fingerprint density at radius 1 is 1.10 bits per heavy atom. The standard InChI is InChI=1S/C18H26Cl3N3OS.2C2H6/c1-3-4-8-13(2)11-12-15(25)23-16(18(19,20)21)24-17(26)22-14-9-6-5-7-10-14;2*1-2/h3-4,8,14,16H,1-2,5-7,9-12H2,(H,23,25)(H2,22,24,26);2*1-2H3/b8-4-;;. The van der Waals surface area contributed by atoms with Crippen molar-refractivity contribution in [3.63, 3.8) is 0 Å². The van der Waals surface area contributed by atoms with E-state index in [2.05, 4.69) is 29.1 Å². The van der Waals surface area contributed by atoms with Gasteiger partial charge in [-0.1, -0.05) is 119 Å². The third-order valence-electron chi connectivity index (χ3n) is 3.99. The molecule has 0 heterocycles.